The van der Waals surface area contributed by atoms with Crippen molar-refractivity contribution >= 4 is 10.0 Å². The molecule has 0 saturated carbocycles. The van der Waals surface area contributed by atoms with Crippen LogP contribution in [0.25, 0.3) is 0 Å². The molecular formula is C8H17NO3S. The van der Waals surface area contributed by atoms with Crippen LogP contribution in [0.15, 0.2) is 0 Å². The van der Waals surface area contributed by atoms with E-state index < -0.39 is 10.0 Å². The highest BCUT2D eigenvalue weighted by Crippen LogP contribution is 2.07. The van der Waals surface area contributed by atoms with E-state index in [1.807, 2.05) is 6.92 Å². The standard InChI is InChI=1S/C8H17NO3S/c1-2-7-13(10,11)9-8-3-5-12-6-4-8/h8-9H,2-7H2,1H3. The average molecular weight is 207 g/mol. The minimum absolute atomic E-state index is 0.0882. The Kier molecular flexibility index (Phi) is 4.15. The molecule has 5 heteroatoms. The molecule has 0 amide bonds. The molecule has 0 spiro atoms. The molecule has 1 heterocycles. The van der Waals surface area contributed by atoms with Gasteiger partial charge in [0.2, 0.25) is 10.0 Å². The summed E-state index contributed by atoms with van der Waals surface area (Å²) in [5, 5.41) is 0. The van der Waals surface area contributed by atoms with Crippen LogP contribution in [0, 0.1) is 0 Å². The van der Waals surface area contributed by atoms with Gasteiger partial charge >= 0.3 is 0 Å². The Balaban J connectivity index is 2.37. The second-order valence-corrected chi connectivity index (χ2v) is 5.20. The third-order valence-corrected chi connectivity index (χ3v) is 3.68. The highest BCUT2D eigenvalue weighted by atomic mass is 32.2. The van der Waals surface area contributed by atoms with Crippen LogP contribution in [0.2, 0.25) is 0 Å². The Bertz CT molecular complexity index is 232. The van der Waals surface area contributed by atoms with Gasteiger partial charge in [-0.1, -0.05) is 6.92 Å². The maximum absolute atomic E-state index is 11.3. The zero-order valence-corrected chi connectivity index (χ0v) is 8.77. The molecule has 1 N–H and O–H groups in total. The molecule has 1 aliphatic heterocycles. The zero-order chi connectivity index (χ0) is 9.73. The summed E-state index contributed by atoms with van der Waals surface area (Å²) < 4.78 is 30.5. The van der Waals surface area contributed by atoms with Gasteiger partial charge in [-0.05, 0) is 19.3 Å². The summed E-state index contributed by atoms with van der Waals surface area (Å²) in [6, 6.07) is 0.0882. The van der Waals surface area contributed by atoms with Gasteiger partial charge in [-0.15, -0.1) is 0 Å². The molecule has 78 valence electrons. The van der Waals surface area contributed by atoms with Gasteiger partial charge in [0.05, 0.1) is 5.75 Å². The minimum atomic E-state index is -3.04. The fraction of sp³-hybridized carbons (Fsp3) is 1.00. The molecule has 0 aliphatic carbocycles. The first kappa shape index (κ1) is 10.9. The third kappa shape index (κ3) is 4.06. The summed E-state index contributed by atoms with van der Waals surface area (Å²) in [7, 11) is -3.04. The van der Waals surface area contributed by atoms with Gasteiger partial charge in [0.25, 0.3) is 0 Å². The van der Waals surface area contributed by atoms with Crippen molar-refractivity contribution in [3.05, 3.63) is 0 Å². The summed E-state index contributed by atoms with van der Waals surface area (Å²) >= 11 is 0. The monoisotopic (exact) mass is 207 g/mol. The largest absolute Gasteiger partial charge is 0.381 e. The average Bonchev–Trinajstić information content (AvgIpc) is 2.04. The molecule has 1 aliphatic rings. The zero-order valence-electron chi connectivity index (χ0n) is 7.95. The molecule has 0 aromatic rings. The fourth-order valence-corrected chi connectivity index (χ4v) is 2.80. The van der Waals surface area contributed by atoms with Crippen molar-refractivity contribution in [3.63, 3.8) is 0 Å². The molecule has 0 bridgehead atoms. The van der Waals surface area contributed by atoms with Gasteiger partial charge in [-0.3, -0.25) is 0 Å². The van der Waals surface area contributed by atoms with Crippen LogP contribution in [-0.4, -0.2) is 33.4 Å². The van der Waals surface area contributed by atoms with Crippen molar-refractivity contribution in [2.75, 3.05) is 19.0 Å². The molecule has 4 nitrogen and oxygen atoms in total. The highest BCUT2D eigenvalue weighted by molar-refractivity contribution is 7.89. The lowest BCUT2D eigenvalue weighted by atomic mass is 10.1. The smallest absolute Gasteiger partial charge is 0.211 e. The first-order chi connectivity index (χ1) is 6.14. The van der Waals surface area contributed by atoms with Crippen LogP contribution in [0.4, 0.5) is 0 Å². The normalized spacial score (nSPS) is 20.4. The Hall–Kier alpha value is -0.130. The molecule has 0 unspecified atom stereocenters. The maximum atomic E-state index is 11.3. The van der Waals surface area contributed by atoms with E-state index >= 15 is 0 Å². The van der Waals surface area contributed by atoms with E-state index in [0.717, 1.165) is 12.8 Å². The highest BCUT2D eigenvalue weighted by Gasteiger charge is 2.19. The predicted octanol–water partition coefficient (Wildman–Crippen LogP) is 0.495. The lowest BCUT2D eigenvalue weighted by Crippen LogP contribution is -2.39. The molecule has 0 radical (unpaired) electrons. The number of sulfonamides is 1. The molecule has 1 rings (SSSR count). The third-order valence-electron chi connectivity index (χ3n) is 2.04. The number of ether oxygens (including phenoxy) is 1. The van der Waals surface area contributed by atoms with Gasteiger partial charge < -0.3 is 4.74 Å². The number of hydrogen-bond acceptors (Lipinski definition) is 3. The van der Waals surface area contributed by atoms with Crippen molar-refractivity contribution in [1.82, 2.24) is 4.72 Å². The number of nitrogens with one attached hydrogen (secondary N) is 1. The van der Waals surface area contributed by atoms with E-state index in [1.54, 1.807) is 0 Å². The van der Waals surface area contributed by atoms with E-state index in [4.69, 9.17) is 4.74 Å². The second kappa shape index (κ2) is 4.93. The van der Waals surface area contributed by atoms with Gasteiger partial charge in [0.1, 0.15) is 0 Å². The van der Waals surface area contributed by atoms with E-state index in [-0.39, 0.29) is 11.8 Å². The van der Waals surface area contributed by atoms with Gasteiger partial charge in [0.15, 0.2) is 0 Å². The summed E-state index contributed by atoms with van der Waals surface area (Å²) in [6.45, 7) is 3.20. The summed E-state index contributed by atoms with van der Waals surface area (Å²) in [4.78, 5) is 0. The van der Waals surface area contributed by atoms with Crippen molar-refractivity contribution < 1.29 is 13.2 Å². The van der Waals surface area contributed by atoms with Crippen LogP contribution in [-0.2, 0) is 14.8 Å². The Morgan fingerprint density at radius 3 is 2.54 bits per heavy atom. The topological polar surface area (TPSA) is 55.4 Å². The van der Waals surface area contributed by atoms with Crippen LogP contribution < -0.4 is 4.72 Å². The fourth-order valence-electron chi connectivity index (χ4n) is 1.40. The van der Waals surface area contributed by atoms with Gasteiger partial charge in [-0.25, -0.2) is 13.1 Å². The molecule has 1 fully saturated rings. The predicted molar refractivity (Wildman–Crippen MR) is 51.1 cm³/mol. The first-order valence-corrected chi connectivity index (χ1v) is 6.37. The number of hydrogen-bond donors (Lipinski definition) is 1. The maximum Gasteiger partial charge on any atom is 0.211 e. The Morgan fingerprint density at radius 2 is 2.00 bits per heavy atom. The van der Waals surface area contributed by atoms with E-state index in [2.05, 4.69) is 4.72 Å². The Morgan fingerprint density at radius 1 is 1.38 bits per heavy atom. The second-order valence-electron chi connectivity index (χ2n) is 3.32. The summed E-state index contributed by atoms with van der Waals surface area (Å²) in [5.41, 5.74) is 0. The van der Waals surface area contributed by atoms with Crippen LogP contribution in [0.3, 0.4) is 0 Å². The first-order valence-electron chi connectivity index (χ1n) is 4.72. The Labute approximate surface area is 79.7 Å². The van der Waals surface area contributed by atoms with E-state index in [9.17, 15) is 8.42 Å². The van der Waals surface area contributed by atoms with Crippen LogP contribution in [0.5, 0.6) is 0 Å². The van der Waals surface area contributed by atoms with E-state index in [0.29, 0.717) is 19.6 Å². The van der Waals surface area contributed by atoms with Crippen LogP contribution >= 0.6 is 0 Å². The SMILES string of the molecule is CCCS(=O)(=O)NC1CCOCC1. The minimum Gasteiger partial charge on any atom is -0.381 e. The summed E-state index contributed by atoms with van der Waals surface area (Å²) in [6.07, 6.45) is 2.25. The summed E-state index contributed by atoms with van der Waals surface area (Å²) in [5.74, 6) is 0.227. The lowest BCUT2D eigenvalue weighted by Gasteiger charge is -2.22. The molecule has 1 saturated heterocycles. The quantitative estimate of drug-likeness (QED) is 0.730. The van der Waals surface area contributed by atoms with Crippen molar-refractivity contribution in [2.24, 2.45) is 0 Å². The lowest BCUT2D eigenvalue weighted by molar-refractivity contribution is 0.0832. The van der Waals surface area contributed by atoms with Crippen molar-refractivity contribution in [3.8, 4) is 0 Å². The molecule has 13 heavy (non-hydrogen) atoms. The van der Waals surface area contributed by atoms with E-state index in [1.165, 1.54) is 0 Å². The van der Waals surface area contributed by atoms with Crippen LogP contribution in [0.1, 0.15) is 26.2 Å². The molecule has 0 aromatic carbocycles. The van der Waals surface area contributed by atoms with Crippen molar-refractivity contribution in [2.45, 2.75) is 32.2 Å². The molecular weight excluding hydrogens is 190 g/mol. The number of rotatable bonds is 4. The molecule has 0 atom stereocenters. The van der Waals surface area contributed by atoms with Crippen molar-refractivity contribution in [1.29, 1.82) is 0 Å². The van der Waals surface area contributed by atoms with Gasteiger partial charge in [0, 0.05) is 19.3 Å². The molecule has 0 aromatic heterocycles. The van der Waals surface area contributed by atoms with Gasteiger partial charge in [-0.2, -0.15) is 0 Å².